The van der Waals surface area contributed by atoms with Crippen LogP contribution in [0.5, 0.6) is 0 Å². The Morgan fingerprint density at radius 3 is 2.94 bits per heavy atom. The van der Waals surface area contributed by atoms with Gasteiger partial charge in [-0.1, -0.05) is 0 Å². The second-order valence-electron chi connectivity index (χ2n) is 3.39. The van der Waals surface area contributed by atoms with Gasteiger partial charge < -0.3 is 10.6 Å². The summed E-state index contributed by atoms with van der Waals surface area (Å²) in [6.07, 6.45) is 1.79. The molecule has 0 spiro atoms. The second-order valence-corrected chi connectivity index (χ2v) is 4.33. The highest BCUT2D eigenvalue weighted by Gasteiger charge is 2.01. The van der Waals surface area contributed by atoms with Gasteiger partial charge >= 0.3 is 0 Å². The van der Waals surface area contributed by atoms with E-state index < -0.39 is 0 Å². The van der Waals surface area contributed by atoms with Crippen LogP contribution in [0.3, 0.4) is 0 Å². The van der Waals surface area contributed by atoms with Crippen molar-refractivity contribution >= 4 is 22.8 Å². The van der Waals surface area contributed by atoms with E-state index in [-0.39, 0.29) is 0 Å². The van der Waals surface area contributed by atoms with Crippen molar-refractivity contribution in [1.82, 2.24) is 9.97 Å². The third kappa shape index (κ3) is 2.49. The van der Waals surface area contributed by atoms with Gasteiger partial charge in [-0.3, -0.25) is 0 Å². The Hall–Kier alpha value is -1.62. The van der Waals surface area contributed by atoms with Crippen molar-refractivity contribution in [1.29, 1.82) is 0 Å². The molecule has 4 nitrogen and oxygen atoms in total. The second kappa shape index (κ2) is 4.94. The van der Waals surface area contributed by atoms with Gasteiger partial charge in [0.15, 0.2) is 0 Å². The Balaban J connectivity index is 2.02. The predicted molar refractivity (Wildman–Crippen MR) is 68.0 cm³/mol. The first-order chi connectivity index (χ1) is 7.79. The maximum atomic E-state index is 4.22. The topological polar surface area (TPSA) is 49.8 Å². The Morgan fingerprint density at radius 2 is 2.25 bits per heavy atom. The van der Waals surface area contributed by atoms with Gasteiger partial charge in [-0.15, -0.1) is 11.3 Å². The number of thiazole rings is 1. The van der Waals surface area contributed by atoms with E-state index in [0.29, 0.717) is 0 Å². The van der Waals surface area contributed by atoms with Crippen LogP contribution in [-0.2, 0) is 6.54 Å². The molecule has 0 bridgehead atoms. The van der Waals surface area contributed by atoms with Crippen molar-refractivity contribution in [3.63, 3.8) is 0 Å². The van der Waals surface area contributed by atoms with Gasteiger partial charge in [0.2, 0.25) is 0 Å². The van der Waals surface area contributed by atoms with Crippen LogP contribution in [0.25, 0.3) is 0 Å². The Labute approximate surface area is 98.8 Å². The average Bonchev–Trinajstić information content (AvgIpc) is 2.72. The van der Waals surface area contributed by atoms with Gasteiger partial charge in [-0.05, 0) is 13.0 Å². The quantitative estimate of drug-likeness (QED) is 0.853. The number of anilines is 2. The third-order valence-electron chi connectivity index (χ3n) is 2.31. The smallest absolute Gasteiger partial charge is 0.127 e. The molecule has 0 aliphatic heterocycles. The van der Waals surface area contributed by atoms with E-state index in [9.17, 15) is 0 Å². The SMILES string of the molecule is CNc1cc(NCc2scnc2C)ccn1. The average molecular weight is 234 g/mol. The van der Waals surface area contributed by atoms with Crippen LogP contribution in [0.1, 0.15) is 10.6 Å². The molecule has 0 radical (unpaired) electrons. The molecular weight excluding hydrogens is 220 g/mol. The van der Waals surface area contributed by atoms with Crippen molar-refractivity contribution < 1.29 is 0 Å². The summed E-state index contributed by atoms with van der Waals surface area (Å²) in [5.74, 6) is 0.867. The minimum atomic E-state index is 0.809. The van der Waals surface area contributed by atoms with E-state index in [1.165, 1.54) is 4.88 Å². The van der Waals surface area contributed by atoms with E-state index >= 15 is 0 Å². The van der Waals surface area contributed by atoms with E-state index in [4.69, 9.17) is 0 Å². The molecule has 0 atom stereocenters. The van der Waals surface area contributed by atoms with Crippen molar-refractivity contribution in [3.05, 3.63) is 34.4 Å². The molecule has 2 rings (SSSR count). The summed E-state index contributed by atoms with van der Waals surface area (Å²) < 4.78 is 0. The van der Waals surface area contributed by atoms with Gasteiger partial charge in [-0.2, -0.15) is 0 Å². The minimum Gasteiger partial charge on any atom is -0.380 e. The van der Waals surface area contributed by atoms with Crippen LogP contribution in [0.2, 0.25) is 0 Å². The molecule has 0 aliphatic rings. The van der Waals surface area contributed by atoms with Crippen LogP contribution in [0, 0.1) is 6.92 Å². The largest absolute Gasteiger partial charge is 0.380 e. The van der Waals surface area contributed by atoms with Gasteiger partial charge in [0.25, 0.3) is 0 Å². The zero-order chi connectivity index (χ0) is 11.4. The number of aryl methyl sites for hydroxylation is 1. The normalized spacial score (nSPS) is 10.1. The fourth-order valence-corrected chi connectivity index (χ4v) is 2.07. The molecule has 84 valence electrons. The molecule has 0 fully saturated rings. The third-order valence-corrected chi connectivity index (χ3v) is 3.25. The Kier molecular flexibility index (Phi) is 3.36. The number of rotatable bonds is 4. The predicted octanol–water partition coefficient (Wildman–Crippen LogP) is 2.50. The number of nitrogens with zero attached hydrogens (tertiary/aromatic N) is 2. The first kappa shape index (κ1) is 10.9. The lowest BCUT2D eigenvalue weighted by atomic mass is 10.3. The molecule has 0 saturated heterocycles. The molecule has 5 heteroatoms. The van der Waals surface area contributed by atoms with E-state index in [2.05, 4.69) is 20.6 Å². The van der Waals surface area contributed by atoms with Crippen LogP contribution >= 0.6 is 11.3 Å². The molecule has 16 heavy (non-hydrogen) atoms. The van der Waals surface area contributed by atoms with Gasteiger partial charge in [0.1, 0.15) is 5.82 Å². The lowest BCUT2D eigenvalue weighted by Crippen LogP contribution is -2.00. The standard InChI is InChI=1S/C11H14N4S/c1-8-10(16-7-15-8)6-14-9-3-4-13-11(5-9)12-2/h3-5,7H,6H2,1-2H3,(H2,12,13,14). The molecule has 0 unspecified atom stereocenters. The fourth-order valence-electron chi connectivity index (χ4n) is 1.36. The number of nitrogens with one attached hydrogen (secondary N) is 2. The monoisotopic (exact) mass is 234 g/mol. The van der Waals surface area contributed by atoms with Gasteiger partial charge in [-0.25, -0.2) is 9.97 Å². The summed E-state index contributed by atoms with van der Waals surface area (Å²) in [6.45, 7) is 2.84. The molecule has 0 aromatic carbocycles. The summed E-state index contributed by atoms with van der Waals surface area (Å²) >= 11 is 1.67. The first-order valence-electron chi connectivity index (χ1n) is 5.06. The highest BCUT2D eigenvalue weighted by Crippen LogP contribution is 2.16. The summed E-state index contributed by atoms with van der Waals surface area (Å²) in [4.78, 5) is 9.64. The highest BCUT2D eigenvalue weighted by molar-refractivity contribution is 7.09. The number of hydrogen-bond donors (Lipinski definition) is 2. The van der Waals surface area contributed by atoms with Gasteiger partial charge in [0, 0.05) is 29.9 Å². The van der Waals surface area contributed by atoms with Crippen LogP contribution in [0.15, 0.2) is 23.8 Å². The minimum absolute atomic E-state index is 0.809. The Bertz CT molecular complexity index is 467. The maximum absolute atomic E-state index is 4.22. The van der Waals surface area contributed by atoms with Gasteiger partial charge in [0.05, 0.1) is 17.7 Å². The molecule has 2 heterocycles. The zero-order valence-corrected chi connectivity index (χ0v) is 10.1. The lowest BCUT2D eigenvalue weighted by molar-refractivity contribution is 1.12. The van der Waals surface area contributed by atoms with Crippen molar-refractivity contribution in [2.24, 2.45) is 0 Å². The molecule has 0 amide bonds. The molecular formula is C11H14N4S. The molecule has 2 aromatic rings. The highest BCUT2D eigenvalue weighted by atomic mass is 32.1. The van der Waals surface area contributed by atoms with Crippen molar-refractivity contribution in [2.75, 3.05) is 17.7 Å². The number of aromatic nitrogens is 2. The van der Waals surface area contributed by atoms with E-state index in [1.807, 2.05) is 31.6 Å². The van der Waals surface area contributed by atoms with Crippen LogP contribution < -0.4 is 10.6 Å². The van der Waals surface area contributed by atoms with E-state index in [1.54, 1.807) is 17.5 Å². The van der Waals surface area contributed by atoms with Crippen molar-refractivity contribution in [2.45, 2.75) is 13.5 Å². The van der Waals surface area contributed by atoms with Crippen molar-refractivity contribution in [3.8, 4) is 0 Å². The number of pyridine rings is 1. The van der Waals surface area contributed by atoms with E-state index in [0.717, 1.165) is 23.7 Å². The van der Waals surface area contributed by atoms with Crippen LogP contribution in [0.4, 0.5) is 11.5 Å². The summed E-state index contributed by atoms with van der Waals surface area (Å²) in [6, 6.07) is 3.94. The summed E-state index contributed by atoms with van der Waals surface area (Å²) in [7, 11) is 1.86. The summed E-state index contributed by atoms with van der Waals surface area (Å²) in [5, 5.41) is 6.36. The zero-order valence-electron chi connectivity index (χ0n) is 9.32. The molecule has 2 aromatic heterocycles. The fraction of sp³-hybridized carbons (Fsp3) is 0.273. The molecule has 0 saturated carbocycles. The molecule has 0 aliphatic carbocycles. The molecule has 2 N–H and O–H groups in total. The van der Waals surface area contributed by atoms with Crippen LogP contribution in [-0.4, -0.2) is 17.0 Å². The summed E-state index contributed by atoms with van der Waals surface area (Å²) in [5.41, 5.74) is 4.03. The lowest BCUT2D eigenvalue weighted by Gasteiger charge is -2.06. The Morgan fingerprint density at radius 1 is 1.38 bits per heavy atom. The maximum Gasteiger partial charge on any atom is 0.127 e. The number of hydrogen-bond acceptors (Lipinski definition) is 5. The first-order valence-corrected chi connectivity index (χ1v) is 5.94.